The lowest BCUT2D eigenvalue weighted by Crippen LogP contribution is -2.47. The van der Waals surface area contributed by atoms with Crippen LogP contribution in [0.15, 0.2) is 113 Å². The fraction of sp³-hybridized carbons (Fsp3) is 0.318. The Morgan fingerprint density at radius 1 is 0.651 bits per heavy atom. The van der Waals surface area contributed by atoms with E-state index in [9.17, 15) is 28.8 Å². The second-order valence-corrected chi connectivity index (χ2v) is 15.3. The summed E-state index contributed by atoms with van der Waals surface area (Å²) in [5, 5.41) is 51.1. The summed E-state index contributed by atoms with van der Waals surface area (Å²) in [6.45, 7) is 13.7. The molecular weight excluding hydrogens is 860 g/mol. The number of hydrogen-bond donors (Lipinski definition) is 7. The van der Waals surface area contributed by atoms with E-state index < -0.39 is 35.8 Å². The number of nitrogens with one attached hydrogen (secondary N) is 1. The van der Waals surface area contributed by atoms with E-state index in [0.717, 1.165) is 82.6 Å². The van der Waals surface area contributed by atoms with E-state index in [2.05, 4.69) is 94.5 Å². The Hall–Kier alpha value is -6.18. The van der Waals surface area contributed by atoms with Crippen molar-refractivity contribution in [2.45, 2.75) is 42.5 Å². The van der Waals surface area contributed by atoms with Gasteiger partial charge < -0.3 is 50.5 Å². The molecule has 2 heterocycles. The summed E-state index contributed by atoms with van der Waals surface area (Å²) in [7, 11) is 0. The number of rotatable bonds is 18. The maximum Gasteiger partial charge on any atom is 0.328 e. The van der Waals surface area contributed by atoms with Crippen molar-refractivity contribution in [1.82, 2.24) is 15.1 Å². The minimum atomic E-state index is -1.26. The van der Waals surface area contributed by atoms with Crippen LogP contribution in [0.4, 0.5) is 11.4 Å². The number of ether oxygens (including phenoxy) is 1. The zero-order valence-electron chi connectivity index (χ0n) is 34.8. The van der Waals surface area contributed by atoms with Gasteiger partial charge in [-0.1, -0.05) is 61.5 Å². The second kappa shape index (κ2) is 29.2. The monoisotopic (exact) mass is 912 g/mol. The van der Waals surface area contributed by atoms with Gasteiger partial charge in [-0.15, -0.1) is 0 Å². The number of carboxylic acid groups (broad SMARTS) is 6. The van der Waals surface area contributed by atoms with Crippen molar-refractivity contribution in [3.05, 3.63) is 114 Å². The Morgan fingerprint density at radius 2 is 1.13 bits per heavy atom. The Bertz CT molecular complexity index is 1920. The molecule has 2 aliphatic rings. The summed E-state index contributed by atoms with van der Waals surface area (Å²) in [4.78, 5) is 67.5. The van der Waals surface area contributed by atoms with Gasteiger partial charge in [0.1, 0.15) is 12.4 Å². The van der Waals surface area contributed by atoms with Gasteiger partial charge in [-0.2, -0.15) is 0 Å². The highest BCUT2D eigenvalue weighted by Crippen LogP contribution is 2.48. The topological polar surface area (TPSA) is 255 Å². The standard InChI is InChI=1S/C32H41ClN4OS.3C4H4O4/c1-25(2)34-15-14-26-8-11-28(12-9-26)38-23-22-36-20-18-35(19-21-36)16-5-17-37-29-6-3-4-7-31(29)39-32-13-10-27(33)24-30(32)37;3*5-3(6)1-2-4(7)8/h3-4,6-13,24-25,34H,5,14-23H2,1-2H3;3*1-2H,(H,5,6)(H,7,8)/b;3*2-1-. The summed E-state index contributed by atoms with van der Waals surface area (Å²) in [6, 6.07) is 24.1. The van der Waals surface area contributed by atoms with Crippen molar-refractivity contribution < 1.29 is 64.1 Å². The van der Waals surface area contributed by atoms with Gasteiger partial charge in [-0.3, -0.25) is 4.90 Å². The largest absolute Gasteiger partial charge is 0.492 e. The predicted octanol–water partition coefficient (Wildman–Crippen LogP) is 5.71. The third kappa shape index (κ3) is 23.6. The molecule has 5 rings (SSSR count). The first-order valence-electron chi connectivity index (χ1n) is 19.6. The highest BCUT2D eigenvalue weighted by Gasteiger charge is 2.24. The predicted molar refractivity (Wildman–Crippen MR) is 239 cm³/mol. The fourth-order valence-corrected chi connectivity index (χ4v) is 6.95. The molecule has 0 radical (unpaired) electrons. The number of carboxylic acids is 6. The van der Waals surface area contributed by atoms with Crippen molar-refractivity contribution in [2.75, 3.05) is 63.9 Å². The molecule has 1 fully saturated rings. The van der Waals surface area contributed by atoms with Gasteiger partial charge in [0, 0.05) is 96.6 Å². The Kier molecular flexibility index (Phi) is 24.5. The molecule has 7 N–H and O–H groups in total. The average molecular weight is 913 g/mol. The number of halogens is 1. The average Bonchev–Trinajstić information content (AvgIpc) is 3.23. The number of anilines is 2. The second-order valence-electron chi connectivity index (χ2n) is 13.8. The first-order valence-corrected chi connectivity index (χ1v) is 20.8. The van der Waals surface area contributed by atoms with Crippen molar-refractivity contribution in [3.63, 3.8) is 0 Å². The van der Waals surface area contributed by atoms with Crippen LogP contribution in [0.3, 0.4) is 0 Å². The Morgan fingerprint density at radius 3 is 1.62 bits per heavy atom. The number of carbonyl (C=O) groups is 6. The van der Waals surface area contributed by atoms with Crippen LogP contribution in [0.1, 0.15) is 25.8 Å². The SMILES string of the molecule is CC(C)NCCc1ccc(OCCN2CCN(CCCN3c4ccccc4Sc4ccc(Cl)cc43)CC2)cc1.O=C(O)/C=C\C(=O)O.O=C(O)/C=C\C(=O)O.O=C(O)/C=C\C(=O)O. The zero-order chi connectivity index (χ0) is 46.7. The molecule has 3 aromatic carbocycles. The number of hydrogen-bond acceptors (Lipinski definition) is 12. The van der Waals surface area contributed by atoms with Crippen molar-refractivity contribution >= 4 is 70.6 Å². The number of aliphatic carboxylic acids is 6. The minimum absolute atomic E-state index is 0.532. The maximum atomic E-state index is 9.55. The molecule has 0 unspecified atom stereocenters. The molecular formula is C44H53ClN4O13S. The molecule has 17 nitrogen and oxygen atoms in total. The molecule has 0 spiro atoms. The summed E-state index contributed by atoms with van der Waals surface area (Å²) >= 11 is 8.22. The van der Waals surface area contributed by atoms with E-state index in [1.165, 1.54) is 26.7 Å². The Balaban J connectivity index is 0.000000464. The summed E-state index contributed by atoms with van der Waals surface area (Å²) in [5.41, 5.74) is 3.87. The van der Waals surface area contributed by atoms with Gasteiger partial charge >= 0.3 is 35.8 Å². The molecule has 0 aromatic heterocycles. The molecule has 0 saturated carbocycles. The number of fused-ring (bicyclic) bond motifs is 2. The van der Waals surface area contributed by atoms with Gasteiger partial charge in [0.15, 0.2) is 0 Å². The van der Waals surface area contributed by atoms with Crippen LogP contribution < -0.4 is 15.0 Å². The lowest BCUT2D eigenvalue weighted by atomic mass is 10.1. The van der Waals surface area contributed by atoms with Crippen molar-refractivity contribution in [1.29, 1.82) is 0 Å². The van der Waals surface area contributed by atoms with E-state index in [-0.39, 0.29) is 0 Å². The number of piperazine rings is 1. The zero-order valence-corrected chi connectivity index (χ0v) is 36.4. The quantitative estimate of drug-likeness (QED) is 0.0755. The maximum absolute atomic E-state index is 9.55. The van der Waals surface area contributed by atoms with E-state index in [4.69, 9.17) is 47.0 Å². The van der Waals surface area contributed by atoms with Crippen LogP contribution in [0.2, 0.25) is 5.02 Å². The van der Waals surface area contributed by atoms with Crippen molar-refractivity contribution in [3.8, 4) is 5.75 Å². The van der Waals surface area contributed by atoms with E-state index >= 15 is 0 Å². The first kappa shape index (κ1) is 53.0. The summed E-state index contributed by atoms with van der Waals surface area (Å²) < 4.78 is 6.04. The lowest BCUT2D eigenvalue weighted by molar-refractivity contribution is -0.134. The molecule has 0 atom stereocenters. The first-order chi connectivity index (χ1) is 29.9. The molecule has 3 aromatic rings. The molecule has 1 saturated heterocycles. The third-order valence-electron chi connectivity index (χ3n) is 8.58. The van der Waals surface area contributed by atoms with Gasteiger partial charge in [-0.25, -0.2) is 28.8 Å². The van der Waals surface area contributed by atoms with E-state index in [1.807, 2.05) is 17.8 Å². The summed E-state index contributed by atoms with van der Waals surface area (Å²) in [6.07, 6.45) is 5.52. The van der Waals surface area contributed by atoms with Crippen LogP contribution in [-0.2, 0) is 35.2 Å². The normalized spacial score (nSPS) is 13.4. The van der Waals surface area contributed by atoms with Crippen LogP contribution in [-0.4, -0.2) is 141 Å². The van der Waals surface area contributed by atoms with Gasteiger partial charge in [0.2, 0.25) is 0 Å². The van der Waals surface area contributed by atoms with Crippen LogP contribution in [0.25, 0.3) is 0 Å². The molecule has 19 heteroatoms. The van der Waals surface area contributed by atoms with Crippen LogP contribution in [0.5, 0.6) is 5.75 Å². The molecule has 0 bridgehead atoms. The third-order valence-corrected chi connectivity index (χ3v) is 9.95. The van der Waals surface area contributed by atoms with Gasteiger partial charge in [0.25, 0.3) is 0 Å². The highest BCUT2D eigenvalue weighted by atomic mass is 35.5. The molecule has 0 amide bonds. The number of benzene rings is 3. The minimum Gasteiger partial charge on any atom is -0.492 e. The highest BCUT2D eigenvalue weighted by molar-refractivity contribution is 7.99. The molecule has 63 heavy (non-hydrogen) atoms. The van der Waals surface area contributed by atoms with Gasteiger partial charge in [0.05, 0.1) is 11.4 Å². The smallest absolute Gasteiger partial charge is 0.328 e. The molecule has 340 valence electrons. The van der Waals surface area contributed by atoms with E-state index in [1.54, 1.807) is 0 Å². The number of para-hydroxylation sites is 1. The summed E-state index contributed by atoms with van der Waals surface area (Å²) in [5.74, 6) is -6.57. The number of nitrogens with zero attached hydrogens (tertiary/aromatic N) is 3. The van der Waals surface area contributed by atoms with E-state index in [0.29, 0.717) is 42.5 Å². The van der Waals surface area contributed by atoms with Gasteiger partial charge in [-0.05, 0) is 74.0 Å². The fourth-order valence-electron chi connectivity index (χ4n) is 5.71. The molecule has 0 aliphatic carbocycles. The molecule has 2 aliphatic heterocycles. The lowest BCUT2D eigenvalue weighted by Gasteiger charge is -2.36. The van der Waals surface area contributed by atoms with Crippen LogP contribution >= 0.6 is 23.4 Å². The van der Waals surface area contributed by atoms with Crippen LogP contribution in [0, 0.1) is 0 Å². The van der Waals surface area contributed by atoms with Crippen molar-refractivity contribution in [2.24, 2.45) is 0 Å². The Labute approximate surface area is 374 Å².